The van der Waals surface area contributed by atoms with E-state index in [1.807, 2.05) is 0 Å². The smallest absolute Gasteiger partial charge is 0.0540 e. The predicted octanol–water partition coefficient (Wildman–Crippen LogP) is 11.1. The van der Waals surface area contributed by atoms with Gasteiger partial charge in [-0.15, -0.1) is 0 Å². The van der Waals surface area contributed by atoms with Crippen molar-refractivity contribution in [2.24, 2.45) is 11.8 Å². The summed E-state index contributed by atoms with van der Waals surface area (Å²) in [5, 5.41) is 2.53. The second-order valence-electron chi connectivity index (χ2n) is 12.6. The molecule has 3 atom stereocenters. The molecule has 9 rings (SSSR count). The molecule has 1 nitrogen and oxygen atoms in total. The zero-order valence-corrected chi connectivity index (χ0v) is 23.7. The molecule has 0 amide bonds. The highest BCUT2D eigenvalue weighted by Crippen LogP contribution is 2.66. The van der Waals surface area contributed by atoms with E-state index in [1.54, 1.807) is 11.1 Å². The average molecular weight is 540 g/mol. The molecule has 3 aliphatic rings. The van der Waals surface area contributed by atoms with E-state index in [1.165, 1.54) is 75.8 Å². The molecule has 0 aromatic heterocycles. The van der Waals surface area contributed by atoms with Crippen LogP contribution in [0.2, 0.25) is 0 Å². The lowest BCUT2D eigenvalue weighted by molar-refractivity contribution is 0.327. The van der Waals surface area contributed by atoms with Crippen molar-refractivity contribution in [3.8, 4) is 22.3 Å². The van der Waals surface area contributed by atoms with Crippen molar-refractivity contribution in [1.29, 1.82) is 0 Å². The fourth-order valence-electron chi connectivity index (χ4n) is 8.78. The van der Waals surface area contributed by atoms with E-state index in [2.05, 4.69) is 144 Å². The maximum absolute atomic E-state index is 2.56. The molecule has 6 aromatic rings. The summed E-state index contributed by atoms with van der Waals surface area (Å²) in [5.74, 6) is 1.61. The highest BCUT2D eigenvalue weighted by atomic mass is 15.1. The Hall–Kier alpha value is -4.62. The molecule has 1 heteroatoms. The number of nitrogens with zero attached hydrogens (tertiary/aromatic N) is 1. The fraction of sp³-hybridized carbons (Fsp3) is 0.171. The molecule has 0 heterocycles. The Bertz CT molecular complexity index is 1950. The summed E-state index contributed by atoms with van der Waals surface area (Å²) >= 11 is 0. The van der Waals surface area contributed by atoms with Crippen LogP contribution in [0.15, 0.2) is 140 Å². The first kappa shape index (κ1) is 24.0. The molecule has 0 aliphatic heterocycles. The Kier molecular flexibility index (Phi) is 5.26. The fourth-order valence-corrected chi connectivity index (χ4v) is 8.78. The van der Waals surface area contributed by atoms with Gasteiger partial charge in [0.2, 0.25) is 0 Å². The molecule has 6 aromatic carbocycles. The van der Waals surface area contributed by atoms with Crippen LogP contribution < -0.4 is 4.90 Å². The van der Waals surface area contributed by atoms with Gasteiger partial charge in [0.25, 0.3) is 0 Å². The van der Waals surface area contributed by atoms with E-state index in [4.69, 9.17) is 0 Å². The molecule has 0 radical (unpaired) electrons. The molecule has 42 heavy (non-hydrogen) atoms. The van der Waals surface area contributed by atoms with Crippen LogP contribution in [0.1, 0.15) is 36.8 Å². The van der Waals surface area contributed by atoms with Gasteiger partial charge in [0, 0.05) is 22.2 Å². The Morgan fingerprint density at radius 2 is 1.26 bits per heavy atom. The van der Waals surface area contributed by atoms with Crippen LogP contribution in [0.5, 0.6) is 0 Å². The van der Waals surface area contributed by atoms with Gasteiger partial charge in [-0.3, -0.25) is 0 Å². The van der Waals surface area contributed by atoms with Crippen molar-refractivity contribution in [1.82, 2.24) is 0 Å². The van der Waals surface area contributed by atoms with Gasteiger partial charge in [-0.1, -0.05) is 116 Å². The lowest BCUT2D eigenvalue weighted by Crippen LogP contribution is -2.32. The van der Waals surface area contributed by atoms with Crippen molar-refractivity contribution in [3.05, 3.63) is 151 Å². The van der Waals surface area contributed by atoms with Crippen molar-refractivity contribution in [3.63, 3.8) is 0 Å². The van der Waals surface area contributed by atoms with Gasteiger partial charge in [0.1, 0.15) is 0 Å². The summed E-state index contributed by atoms with van der Waals surface area (Å²) in [4.78, 5) is 2.49. The summed E-state index contributed by atoms with van der Waals surface area (Å²) in [7, 11) is 0. The number of benzene rings is 6. The minimum Gasteiger partial charge on any atom is -0.310 e. The Morgan fingerprint density at radius 1 is 0.548 bits per heavy atom. The summed E-state index contributed by atoms with van der Waals surface area (Å²) in [6.07, 6.45) is 5.44. The van der Waals surface area contributed by atoms with Crippen LogP contribution in [0.25, 0.3) is 33.0 Å². The molecule has 2 fully saturated rings. The SMILES string of the molecule is c1ccc(-c2ccc(N(c3ccc4c(c3)C3(CC5CCC3C5)c3ccccc3-4)c3cccc4ccccc34)cc2)cc1. The lowest BCUT2D eigenvalue weighted by Gasteiger charge is -2.37. The second kappa shape index (κ2) is 9.19. The standard InChI is InChI=1S/C41H33N/c1-2-9-29(10-3-1)30-18-21-33(22-19-30)42(40-16-8-12-31-11-4-5-13-35(31)40)34-23-24-37-36-14-6-7-15-38(36)41(39(37)26-34)27-28-17-20-32(41)25-28/h1-16,18-19,21-24,26,28,32H,17,20,25,27H2. The summed E-state index contributed by atoms with van der Waals surface area (Å²) in [6.45, 7) is 0. The Balaban J connectivity index is 1.25. The number of rotatable bonds is 4. The van der Waals surface area contributed by atoms with Crippen LogP contribution in [0.3, 0.4) is 0 Å². The van der Waals surface area contributed by atoms with Crippen LogP contribution in [0, 0.1) is 11.8 Å². The maximum atomic E-state index is 2.56. The first-order chi connectivity index (χ1) is 20.8. The molecule has 0 saturated heterocycles. The van der Waals surface area contributed by atoms with Crippen molar-refractivity contribution in [2.45, 2.75) is 31.1 Å². The molecule has 3 aliphatic carbocycles. The summed E-state index contributed by atoms with van der Waals surface area (Å²) in [6, 6.07) is 51.9. The van der Waals surface area contributed by atoms with Crippen LogP contribution >= 0.6 is 0 Å². The monoisotopic (exact) mass is 539 g/mol. The minimum atomic E-state index is 0.159. The van der Waals surface area contributed by atoms with E-state index in [0.29, 0.717) is 0 Å². The predicted molar refractivity (Wildman–Crippen MR) is 176 cm³/mol. The van der Waals surface area contributed by atoms with E-state index in [0.717, 1.165) is 11.8 Å². The van der Waals surface area contributed by atoms with E-state index >= 15 is 0 Å². The third kappa shape index (κ3) is 3.43. The maximum Gasteiger partial charge on any atom is 0.0540 e. The lowest BCUT2D eigenvalue weighted by atomic mass is 9.67. The topological polar surface area (TPSA) is 3.24 Å². The third-order valence-electron chi connectivity index (χ3n) is 10.5. The first-order valence-corrected chi connectivity index (χ1v) is 15.5. The van der Waals surface area contributed by atoms with Crippen molar-refractivity contribution >= 4 is 27.8 Å². The van der Waals surface area contributed by atoms with Gasteiger partial charge in [-0.05, 0) is 100 Å². The van der Waals surface area contributed by atoms with E-state index in [9.17, 15) is 0 Å². The van der Waals surface area contributed by atoms with Crippen LogP contribution in [-0.2, 0) is 5.41 Å². The normalized spacial score (nSPS) is 21.5. The van der Waals surface area contributed by atoms with Gasteiger partial charge >= 0.3 is 0 Å². The minimum absolute atomic E-state index is 0.159. The van der Waals surface area contributed by atoms with Crippen LogP contribution in [0.4, 0.5) is 17.1 Å². The highest BCUT2D eigenvalue weighted by molar-refractivity contribution is 5.99. The van der Waals surface area contributed by atoms with Crippen LogP contribution in [-0.4, -0.2) is 0 Å². The summed E-state index contributed by atoms with van der Waals surface area (Å²) in [5.41, 5.74) is 12.3. The molecule has 0 N–H and O–H groups in total. The zero-order valence-electron chi connectivity index (χ0n) is 23.7. The first-order valence-electron chi connectivity index (χ1n) is 15.5. The number of hydrogen-bond donors (Lipinski definition) is 0. The average Bonchev–Trinajstić information content (AvgIpc) is 3.75. The molecule has 2 saturated carbocycles. The molecule has 202 valence electrons. The van der Waals surface area contributed by atoms with Gasteiger partial charge in [-0.2, -0.15) is 0 Å². The van der Waals surface area contributed by atoms with Gasteiger partial charge < -0.3 is 4.90 Å². The largest absolute Gasteiger partial charge is 0.310 e. The summed E-state index contributed by atoms with van der Waals surface area (Å²) < 4.78 is 0. The van der Waals surface area contributed by atoms with E-state index < -0.39 is 0 Å². The zero-order chi connectivity index (χ0) is 27.7. The highest BCUT2D eigenvalue weighted by Gasteiger charge is 2.56. The molecule has 2 bridgehead atoms. The Labute approximate surface area is 248 Å². The number of hydrogen-bond acceptors (Lipinski definition) is 1. The molecule has 3 unspecified atom stereocenters. The van der Waals surface area contributed by atoms with Gasteiger partial charge in [0.15, 0.2) is 0 Å². The van der Waals surface area contributed by atoms with E-state index in [-0.39, 0.29) is 5.41 Å². The van der Waals surface area contributed by atoms with Crippen molar-refractivity contribution in [2.75, 3.05) is 4.90 Å². The second-order valence-corrected chi connectivity index (χ2v) is 12.6. The quantitative estimate of drug-likeness (QED) is 0.215. The third-order valence-corrected chi connectivity index (χ3v) is 10.5. The molecular formula is C41H33N. The Morgan fingerprint density at radius 3 is 2.10 bits per heavy atom. The van der Waals surface area contributed by atoms with Gasteiger partial charge in [0.05, 0.1) is 5.69 Å². The molecular weight excluding hydrogens is 506 g/mol. The molecule has 1 spiro atoms. The van der Waals surface area contributed by atoms with Gasteiger partial charge in [-0.25, -0.2) is 0 Å². The van der Waals surface area contributed by atoms with Crippen molar-refractivity contribution < 1.29 is 0 Å². The number of fused-ring (bicyclic) bond motifs is 9. The number of anilines is 3.